The van der Waals surface area contributed by atoms with E-state index in [0.29, 0.717) is 12.2 Å². The lowest BCUT2D eigenvalue weighted by Crippen LogP contribution is -2.13. The van der Waals surface area contributed by atoms with E-state index in [1.165, 1.54) is 0 Å². The molecule has 4 heteroatoms. The normalized spacial score (nSPS) is 19.7. The van der Waals surface area contributed by atoms with Crippen molar-refractivity contribution >= 4 is 17.7 Å². The molecule has 0 heterocycles. The van der Waals surface area contributed by atoms with Gasteiger partial charge in [0, 0.05) is 12.2 Å². The maximum absolute atomic E-state index is 10.5. The van der Waals surface area contributed by atoms with Crippen molar-refractivity contribution in [3.8, 4) is 6.07 Å². The average Bonchev–Trinajstić information content (AvgIpc) is 2.85. The lowest BCUT2D eigenvalue weighted by Gasteiger charge is -2.11. The summed E-state index contributed by atoms with van der Waals surface area (Å²) < 4.78 is 0. The smallest absolute Gasteiger partial charge is 0.307 e. The Kier molecular flexibility index (Phi) is 3.82. The third-order valence-electron chi connectivity index (χ3n) is 2.61. The van der Waals surface area contributed by atoms with Crippen molar-refractivity contribution in [2.45, 2.75) is 26.2 Å². The molecule has 0 aromatic heterocycles. The molecule has 3 nitrogen and oxygen atoms in total. The molecule has 78 valence electrons. The van der Waals surface area contributed by atoms with Crippen molar-refractivity contribution in [1.29, 1.82) is 5.26 Å². The zero-order chi connectivity index (χ0) is 10.6. The van der Waals surface area contributed by atoms with Gasteiger partial charge < -0.3 is 5.11 Å². The standard InChI is InChI=1S/C10H15NO2S/c1-8(9(12)13)6-14-7-10(2-3-10)4-5-11/h8H,2-4,6-7H2,1H3,(H,12,13). The number of carbonyl (C=O) groups is 1. The summed E-state index contributed by atoms with van der Waals surface area (Å²) in [7, 11) is 0. The first kappa shape index (κ1) is 11.4. The zero-order valence-electron chi connectivity index (χ0n) is 8.32. The first-order valence-electron chi connectivity index (χ1n) is 4.77. The summed E-state index contributed by atoms with van der Waals surface area (Å²) in [6, 6.07) is 2.20. The van der Waals surface area contributed by atoms with Crippen molar-refractivity contribution in [1.82, 2.24) is 0 Å². The third-order valence-corrected chi connectivity index (χ3v) is 4.16. The van der Waals surface area contributed by atoms with Gasteiger partial charge in [-0.3, -0.25) is 4.79 Å². The summed E-state index contributed by atoms with van der Waals surface area (Å²) in [6.45, 7) is 1.72. The van der Waals surface area contributed by atoms with Gasteiger partial charge in [-0.2, -0.15) is 17.0 Å². The van der Waals surface area contributed by atoms with Gasteiger partial charge in [0.1, 0.15) is 0 Å². The first-order chi connectivity index (χ1) is 6.59. The molecule has 0 spiro atoms. The Hall–Kier alpha value is -0.690. The summed E-state index contributed by atoms with van der Waals surface area (Å²) in [6.07, 6.45) is 2.89. The predicted octanol–water partition coefficient (Wildman–Crippen LogP) is 2.13. The van der Waals surface area contributed by atoms with Crippen LogP contribution in [0.2, 0.25) is 0 Å². The molecular formula is C10H15NO2S. The maximum Gasteiger partial charge on any atom is 0.307 e. The molecule has 0 aromatic rings. The molecule has 0 aliphatic heterocycles. The van der Waals surface area contributed by atoms with Crippen LogP contribution in [0.4, 0.5) is 0 Å². The monoisotopic (exact) mass is 213 g/mol. The molecule has 1 unspecified atom stereocenters. The second kappa shape index (κ2) is 4.70. The molecule has 1 saturated carbocycles. The topological polar surface area (TPSA) is 61.1 Å². The average molecular weight is 213 g/mol. The van der Waals surface area contributed by atoms with E-state index >= 15 is 0 Å². The van der Waals surface area contributed by atoms with Crippen LogP contribution in [0.3, 0.4) is 0 Å². The van der Waals surface area contributed by atoms with E-state index in [-0.39, 0.29) is 11.3 Å². The largest absolute Gasteiger partial charge is 0.481 e. The van der Waals surface area contributed by atoms with Crippen molar-refractivity contribution in [2.75, 3.05) is 11.5 Å². The van der Waals surface area contributed by atoms with E-state index in [0.717, 1.165) is 18.6 Å². The molecular weight excluding hydrogens is 198 g/mol. The molecule has 0 bridgehead atoms. The van der Waals surface area contributed by atoms with Gasteiger partial charge in [0.15, 0.2) is 0 Å². The molecule has 1 aliphatic carbocycles. The maximum atomic E-state index is 10.5. The lowest BCUT2D eigenvalue weighted by molar-refractivity contribution is -0.140. The molecule has 1 aliphatic rings. The Bertz CT molecular complexity index is 255. The molecule has 0 radical (unpaired) electrons. The summed E-state index contributed by atoms with van der Waals surface area (Å²) in [4.78, 5) is 10.5. The van der Waals surface area contributed by atoms with Crippen LogP contribution >= 0.6 is 11.8 Å². The first-order valence-corrected chi connectivity index (χ1v) is 5.93. The fourth-order valence-electron chi connectivity index (χ4n) is 1.24. The molecule has 1 N–H and O–H groups in total. The Labute approximate surface area is 88.5 Å². The van der Waals surface area contributed by atoms with Gasteiger partial charge >= 0.3 is 5.97 Å². The van der Waals surface area contributed by atoms with Gasteiger partial charge in [-0.05, 0) is 24.0 Å². The second-order valence-electron chi connectivity index (χ2n) is 4.09. The number of thioether (sulfide) groups is 1. The van der Waals surface area contributed by atoms with Crippen LogP contribution in [0.5, 0.6) is 0 Å². The summed E-state index contributed by atoms with van der Waals surface area (Å²) in [5.41, 5.74) is 0.234. The van der Waals surface area contributed by atoms with Crippen molar-refractivity contribution in [3.05, 3.63) is 0 Å². The van der Waals surface area contributed by atoms with Gasteiger partial charge in [-0.15, -0.1) is 0 Å². The fraction of sp³-hybridized carbons (Fsp3) is 0.800. The number of rotatable bonds is 6. The third kappa shape index (κ3) is 3.22. The number of nitrogens with zero attached hydrogens (tertiary/aromatic N) is 1. The Balaban J connectivity index is 2.16. The number of aliphatic carboxylic acids is 1. The quantitative estimate of drug-likeness (QED) is 0.734. The highest BCUT2D eigenvalue weighted by atomic mass is 32.2. The van der Waals surface area contributed by atoms with Gasteiger partial charge in [0.2, 0.25) is 0 Å². The van der Waals surface area contributed by atoms with Crippen LogP contribution in [-0.4, -0.2) is 22.6 Å². The Morgan fingerprint density at radius 3 is 2.79 bits per heavy atom. The zero-order valence-corrected chi connectivity index (χ0v) is 9.14. The number of carboxylic acids is 1. The van der Waals surface area contributed by atoms with Crippen LogP contribution in [0.25, 0.3) is 0 Å². The molecule has 1 atom stereocenters. The van der Waals surface area contributed by atoms with E-state index < -0.39 is 5.97 Å². The van der Waals surface area contributed by atoms with Crippen LogP contribution < -0.4 is 0 Å². The number of carboxylic acid groups (broad SMARTS) is 1. The molecule has 0 saturated heterocycles. The highest BCUT2D eigenvalue weighted by Gasteiger charge is 2.42. The van der Waals surface area contributed by atoms with E-state index in [2.05, 4.69) is 6.07 Å². The van der Waals surface area contributed by atoms with E-state index in [1.807, 2.05) is 0 Å². The van der Waals surface area contributed by atoms with Crippen molar-refractivity contribution in [2.24, 2.45) is 11.3 Å². The van der Waals surface area contributed by atoms with E-state index in [4.69, 9.17) is 10.4 Å². The number of hydrogen-bond acceptors (Lipinski definition) is 3. The lowest BCUT2D eigenvalue weighted by atomic mass is 10.1. The SMILES string of the molecule is CC(CSCC1(CC#N)CC1)C(=O)O. The van der Waals surface area contributed by atoms with E-state index in [1.54, 1.807) is 18.7 Å². The van der Waals surface area contributed by atoms with Gasteiger partial charge in [0.05, 0.1) is 12.0 Å². The van der Waals surface area contributed by atoms with Crippen molar-refractivity contribution < 1.29 is 9.90 Å². The summed E-state index contributed by atoms with van der Waals surface area (Å²) in [5, 5.41) is 17.2. The minimum absolute atomic E-state index is 0.234. The highest BCUT2D eigenvalue weighted by molar-refractivity contribution is 7.99. The van der Waals surface area contributed by atoms with Crippen LogP contribution in [0, 0.1) is 22.7 Å². The van der Waals surface area contributed by atoms with Crippen LogP contribution in [0.1, 0.15) is 26.2 Å². The molecule has 14 heavy (non-hydrogen) atoms. The van der Waals surface area contributed by atoms with E-state index in [9.17, 15) is 4.79 Å². The highest BCUT2D eigenvalue weighted by Crippen LogP contribution is 2.50. The second-order valence-corrected chi connectivity index (χ2v) is 5.12. The van der Waals surface area contributed by atoms with Gasteiger partial charge in [-0.1, -0.05) is 6.92 Å². The molecule has 0 amide bonds. The van der Waals surface area contributed by atoms with Crippen LogP contribution in [-0.2, 0) is 4.79 Å². The summed E-state index contributed by atoms with van der Waals surface area (Å²) >= 11 is 1.67. The number of hydrogen-bond donors (Lipinski definition) is 1. The molecule has 0 aromatic carbocycles. The molecule has 1 rings (SSSR count). The van der Waals surface area contributed by atoms with Gasteiger partial charge in [-0.25, -0.2) is 0 Å². The number of nitriles is 1. The Morgan fingerprint density at radius 1 is 1.71 bits per heavy atom. The fourth-order valence-corrected chi connectivity index (χ4v) is 2.68. The van der Waals surface area contributed by atoms with Gasteiger partial charge in [0.25, 0.3) is 0 Å². The molecule has 1 fully saturated rings. The minimum atomic E-state index is -0.734. The predicted molar refractivity (Wildman–Crippen MR) is 56.0 cm³/mol. The van der Waals surface area contributed by atoms with Crippen molar-refractivity contribution in [3.63, 3.8) is 0 Å². The Morgan fingerprint density at radius 2 is 2.36 bits per heavy atom. The summed E-state index contributed by atoms with van der Waals surface area (Å²) in [5.74, 6) is 0.584. The minimum Gasteiger partial charge on any atom is -0.481 e. The van der Waals surface area contributed by atoms with Crippen LogP contribution in [0.15, 0.2) is 0 Å².